The van der Waals surface area contributed by atoms with Crippen molar-refractivity contribution in [1.29, 1.82) is 0 Å². The molecule has 1 aromatic rings. The summed E-state index contributed by atoms with van der Waals surface area (Å²) in [5.41, 5.74) is 0. The summed E-state index contributed by atoms with van der Waals surface area (Å²) in [4.78, 5) is 12.1. The van der Waals surface area contributed by atoms with Gasteiger partial charge in [-0.2, -0.15) is 0 Å². The number of benzene rings is 1. The molecule has 18 heavy (non-hydrogen) atoms. The van der Waals surface area contributed by atoms with Gasteiger partial charge in [0.15, 0.2) is 6.61 Å². The number of carbonyl (C=O) groups is 1. The number of rotatable bonds is 5. The Balaban J connectivity index is 0.000000411. The van der Waals surface area contributed by atoms with Crippen molar-refractivity contribution in [3.63, 3.8) is 0 Å². The fourth-order valence-corrected chi connectivity index (χ4v) is 1.31. The second-order valence-corrected chi connectivity index (χ2v) is 4.44. The summed E-state index contributed by atoms with van der Waals surface area (Å²) in [6, 6.07) is 6.51. The normalized spacial score (nSPS) is 9.61. The van der Waals surface area contributed by atoms with Crippen LogP contribution in [0.15, 0.2) is 24.3 Å². The Bertz CT molecular complexity index is 342. The number of carboxylic acids is 1. The van der Waals surface area contributed by atoms with Gasteiger partial charge in [-0.05, 0) is 38.4 Å². The Kier molecular flexibility index (Phi) is 9.46. The summed E-state index contributed by atoms with van der Waals surface area (Å²) >= 11 is 11.0. The SMILES string of the molecule is CN(C)CCCl.O=C(O)COc1ccc(Cl)cc1. The summed E-state index contributed by atoms with van der Waals surface area (Å²) < 4.78 is 4.86. The minimum Gasteiger partial charge on any atom is -0.482 e. The average molecular weight is 294 g/mol. The molecular formula is C12H17Cl2NO3. The van der Waals surface area contributed by atoms with Crippen LogP contribution in [0.3, 0.4) is 0 Å². The average Bonchev–Trinajstić information content (AvgIpc) is 2.29. The Morgan fingerprint density at radius 2 is 1.89 bits per heavy atom. The van der Waals surface area contributed by atoms with Crippen LogP contribution in [0, 0.1) is 0 Å². The second kappa shape index (κ2) is 10.00. The number of ether oxygens (including phenoxy) is 1. The molecule has 0 aliphatic heterocycles. The van der Waals surface area contributed by atoms with Crippen LogP contribution in [0.4, 0.5) is 0 Å². The fourth-order valence-electron chi connectivity index (χ4n) is 0.845. The van der Waals surface area contributed by atoms with Gasteiger partial charge < -0.3 is 14.7 Å². The molecule has 0 bridgehead atoms. The van der Waals surface area contributed by atoms with Crippen LogP contribution in [-0.4, -0.2) is 49.1 Å². The first-order chi connectivity index (χ1) is 8.45. The minimum atomic E-state index is -0.995. The van der Waals surface area contributed by atoms with E-state index in [0.29, 0.717) is 10.8 Å². The molecule has 0 aliphatic carbocycles. The molecule has 0 fully saturated rings. The number of nitrogens with zero attached hydrogens (tertiary/aromatic N) is 1. The van der Waals surface area contributed by atoms with Gasteiger partial charge >= 0.3 is 5.97 Å². The van der Waals surface area contributed by atoms with Gasteiger partial charge in [-0.15, -0.1) is 11.6 Å². The van der Waals surface area contributed by atoms with Crippen molar-refractivity contribution < 1.29 is 14.6 Å². The zero-order chi connectivity index (χ0) is 14.0. The van der Waals surface area contributed by atoms with E-state index in [9.17, 15) is 4.79 Å². The van der Waals surface area contributed by atoms with Gasteiger partial charge in [0.2, 0.25) is 0 Å². The predicted octanol–water partition coefficient (Wildman–Crippen LogP) is 2.59. The predicted molar refractivity (Wildman–Crippen MR) is 73.9 cm³/mol. The van der Waals surface area contributed by atoms with E-state index >= 15 is 0 Å². The lowest BCUT2D eigenvalue weighted by molar-refractivity contribution is -0.139. The number of halogens is 2. The first-order valence-corrected chi connectivity index (χ1v) is 6.17. The van der Waals surface area contributed by atoms with E-state index < -0.39 is 5.97 Å². The molecule has 1 aromatic carbocycles. The third-order valence-corrected chi connectivity index (χ3v) is 2.13. The van der Waals surface area contributed by atoms with Crippen molar-refractivity contribution in [2.45, 2.75) is 0 Å². The van der Waals surface area contributed by atoms with Gasteiger partial charge in [-0.3, -0.25) is 0 Å². The zero-order valence-corrected chi connectivity index (χ0v) is 11.9. The number of carboxylic acid groups (broad SMARTS) is 1. The summed E-state index contributed by atoms with van der Waals surface area (Å²) in [6.45, 7) is 0.642. The van der Waals surface area contributed by atoms with Gasteiger partial charge in [0.05, 0.1) is 0 Å². The van der Waals surface area contributed by atoms with E-state index in [2.05, 4.69) is 0 Å². The molecule has 4 nitrogen and oxygen atoms in total. The largest absolute Gasteiger partial charge is 0.482 e. The lowest BCUT2D eigenvalue weighted by atomic mass is 10.3. The second-order valence-electron chi connectivity index (χ2n) is 3.63. The van der Waals surface area contributed by atoms with Crippen LogP contribution in [0.5, 0.6) is 5.75 Å². The van der Waals surface area contributed by atoms with E-state index in [1.807, 2.05) is 19.0 Å². The van der Waals surface area contributed by atoms with Crippen LogP contribution in [0.25, 0.3) is 0 Å². The minimum absolute atomic E-state index is 0.332. The molecule has 0 radical (unpaired) electrons. The first kappa shape index (κ1) is 17.0. The highest BCUT2D eigenvalue weighted by Gasteiger charge is 1.97. The smallest absolute Gasteiger partial charge is 0.341 e. The maximum atomic E-state index is 10.1. The van der Waals surface area contributed by atoms with Crippen LogP contribution in [0.2, 0.25) is 5.02 Å². The van der Waals surface area contributed by atoms with Crippen molar-refractivity contribution in [1.82, 2.24) is 4.90 Å². The summed E-state index contributed by atoms with van der Waals surface area (Å²) in [6.07, 6.45) is 0. The molecule has 0 heterocycles. The highest BCUT2D eigenvalue weighted by Crippen LogP contribution is 2.15. The van der Waals surface area contributed by atoms with Crippen LogP contribution in [-0.2, 0) is 4.79 Å². The number of aliphatic carboxylic acids is 1. The maximum Gasteiger partial charge on any atom is 0.341 e. The third-order valence-electron chi connectivity index (χ3n) is 1.71. The molecule has 0 aromatic heterocycles. The topological polar surface area (TPSA) is 49.8 Å². The maximum absolute atomic E-state index is 10.1. The molecule has 0 atom stereocenters. The van der Waals surface area contributed by atoms with Crippen LogP contribution < -0.4 is 4.74 Å². The van der Waals surface area contributed by atoms with Crippen molar-refractivity contribution in [3.05, 3.63) is 29.3 Å². The highest BCUT2D eigenvalue weighted by atomic mass is 35.5. The Morgan fingerprint density at radius 1 is 1.33 bits per heavy atom. The number of hydrogen-bond acceptors (Lipinski definition) is 3. The van der Waals surface area contributed by atoms with Gasteiger partial charge in [0.1, 0.15) is 5.75 Å². The fraction of sp³-hybridized carbons (Fsp3) is 0.417. The molecule has 0 amide bonds. The molecule has 0 aliphatic rings. The Hall–Kier alpha value is -0.970. The van der Waals surface area contributed by atoms with Gasteiger partial charge in [-0.25, -0.2) is 4.79 Å². The van der Waals surface area contributed by atoms with E-state index in [-0.39, 0.29) is 6.61 Å². The summed E-state index contributed by atoms with van der Waals surface area (Å²) in [5, 5.41) is 8.87. The van der Waals surface area contributed by atoms with Crippen LogP contribution >= 0.6 is 23.2 Å². The molecule has 1 N–H and O–H groups in total. The van der Waals surface area contributed by atoms with E-state index in [1.54, 1.807) is 24.3 Å². The lowest BCUT2D eigenvalue weighted by Crippen LogP contribution is -2.13. The van der Waals surface area contributed by atoms with E-state index in [4.69, 9.17) is 33.0 Å². The van der Waals surface area contributed by atoms with Crippen molar-refractivity contribution in [2.24, 2.45) is 0 Å². The van der Waals surface area contributed by atoms with Crippen molar-refractivity contribution >= 4 is 29.2 Å². The zero-order valence-electron chi connectivity index (χ0n) is 10.4. The van der Waals surface area contributed by atoms with Gasteiger partial charge in [0.25, 0.3) is 0 Å². The van der Waals surface area contributed by atoms with Gasteiger partial charge in [0, 0.05) is 17.4 Å². The summed E-state index contributed by atoms with van der Waals surface area (Å²) in [7, 11) is 4.00. The molecule has 0 unspecified atom stereocenters. The molecular weight excluding hydrogens is 277 g/mol. The monoisotopic (exact) mass is 293 g/mol. The molecule has 102 valence electrons. The van der Waals surface area contributed by atoms with Gasteiger partial charge in [-0.1, -0.05) is 11.6 Å². The Labute approximate surface area is 117 Å². The molecule has 0 spiro atoms. The highest BCUT2D eigenvalue weighted by molar-refractivity contribution is 6.30. The molecule has 6 heteroatoms. The quantitative estimate of drug-likeness (QED) is 0.848. The summed E-state index contributed by atoms with van der Waals surface area (Å²) in [5.74, 6) is 0.235. The molecule has 0 saturated carbocycles. The lowest BCUT2D eigenvalue weighted by Gasteiger charge is -2.02. The van der Waals surface area contributed by atoms with Crippen molar-refractivity contribution in [2.75, 3.05) is 33.1 Å². The third kappa shape index (κ3) is 10.2. The number of hydrogen-bond donors (Lipinski definition) is 1. The molecule has 0 saturated heterocycles. The van der Waals surface area contributed by atoms with E-state index in [0.717, 1.165) is 12.4 Å². The standard InChI is InChI=1S/C8H7ClO3.C4H10ClN/c9-6-1-3-7(4-2-6)12-5-8(10)11;1-6(2)4-3-5/h1-4H,5H2,(H,10,11);3-4H2,1-2H3. The first-order valence-electron chi connectivity index (χ1n) is 5.26. The molecule has 1 rings (SSSR count). The number of alkyl halides is 1. The van der Waals surface area contributed by atoms with E-state index in [1.165, 1.54) is 0 Å². The Morgan fingerprint density at radius 3 is 2.22 bits per heavy atom. The van der Waals surface area contributed by atoms with Crippen molar-refractivity contribution in [3.8, 4) is 5.75 Å². The van der Waals surface area contributed by atoms with Crippen LogP contribution in [0.1, 0.15) is 0 Å².